The molecule has 20 heavy (non-hydrogen) atoms. The highest BCUT2D eigenvalue weighted by Crippen LogP contribution is 2.24. The van der Waals surface area contributed by atoms with Crippen LogP contribution in [0.1, 0.15) is 19.4 Å². The molecule has 0 saturated carbocycles. The summed E-state index contributed by atoms with van der Waals surface area (Å²) in [7, 11) is -2.57. The van der Waals surface area contributed by atoms with Crippen molar-refractivity contribution in [3.8, 4) is 5.75 Å². The molecule has 0 aliphatic rings. The van der Waals surface area contributed by atoms with Crippen LogP contribution in [-0.4, -0.2) is 43.5 Å². The van der Waals surface area contributed by atoms with Gasteiger partial charge in [-0.15, -0.1) is 0 Å². The first-order valence-corrected chi connectivity index (χ1v) is 7.54. The molecular weight excluding hydrogens is 282 g/mol. The number of carboxylic acid groups (broad SMARTS) is 1. The van der Waals surface area contributed by atoms with Gasteiger partial charge in [0.25, 0.3) is 0 Å². The van der Waals surface area contributed by atoms with Crippen LogP contribution in [0, 0.1) is 6.92 Å². The topological polar surface area (TPSA) is 83.9 Å². The van der Waals surface area contributed by atoms with Crippen molar-refractivity contribution >= 4 is 16.0 Å². The van der Waals surface area contributed by atoms with Crippen LogP contribution in [0.5, 0.6) is 5.75 Å². The molecule has 0 heterocycles. The number of hydrogen-bond donors (Lipinski definition) is 1. The fourth-order valence-electron chi connectivity index (χ4n) is 1.62. The van der Waals surface area contributed by atoms with Gasteiger partial charge >= 0.3 is 5.97 Å². The molecule has 6 nitrogen and oxygen atoms in total. The maximum Gasteiger partial charge on any atom is 0.318 e. The minimum absolute atomic E-state index is 0.00848. The molecular formula is C13H19NO5S. The number of ether oxygens (including phenoxy) is 1. The van der Waals surface area contributed by atoms with Gasteiger partial charge in [0.15, 0.2) is 0 Å². The fraction of sp³-hybridized carbons (Fsp3) is 0.462. The summed E-state index contributed by atoms with van der Waals surface area (Å²) in [6.07, 6.45) is -0.00848. The van der Waals surface area contributed by atoms with E-state index in [0.717, 1.165) is 4.31 Å². The van der Waals surface area contributed by atoms with Gasteiger partial charge in [0.1, 0.15) is 12.3 Å². The molecule has 1 rings (SSSR count). The number of carboxylic acids is 1. The zero-order valence-corrected chi connectivity index (χ0v) is 12.8. The third-order valence-electron chi connectivity index (χ3n) is 2.58. The SMILES string of the molecule is Cc1cc(S(=O)(=O)N(C)CC(=O)O)ccc1OC(C)C. The maximum absolute atomic E-state index is 12.2. The van der Waals surface area contributed by atoms with E-state index >= 15 is 0 Å². The van der Waals surface area contributed by atoms with Crippen LogP contribution >= 0.6 is 0 Å². The Balaban J connectivity index is 3.08. The van der Waals surface area contributed by atoms with Crippen LogP contribution in [0.25, 0.3) is 0 Å². The first-order valence-electron chi connectivity index (χ1n) is 6.10. The quantitative estimate of drug-likeness (QED) is 0.860. The molecule has 0 fully saturated rings. The van der Waals surface area contributed by atoms with Crippen molar-refractivity contribution in [2.45, 2.75) is 31.8 Å². The summed E-state index contributed by atoms with van der Waals surface area (Å²) in [4.78, 5) is 10.7. The smallest absolute Gasteiger partial charge is 0.318 e. The van der Waals surface area contributed by atoms with E-state index in [1.807, 2.05) is 13.8 Å². The Hall–Kier alpha value is -1.60. The molecule has 1 N–H and O–H groups in total. The van der Waals surface area contributed by atoms with Gasteiger partial charge in [-0.3, -0.25) is 4.79 Å². The molecule has 0 saturated heterocycles. The predicted octanol–water partition coefficient (Wildman–Crippen LogP) is 1.49. The van der Waals surface area contributed by atoms with E-state index in [2.05, 4.69) is 0 Å². The summed E-state index contributed by atoms with van der Waals surface area (Å²) in [5, 5.41) is 8.67. The molecule has 7 heteroatoms. The van der Waals surface area contributed by atoms with E-state index in [9.17, 15) is 13.2 Å². The van der Waals surface area contributed by atoms with Gasteiger partial charge in [0.2, 0.25) is 10.0 Å². The van der Waals surface area contributed by atoms with Gasteiger partial charge in [0, 0.05) is 7.05 Å². The molecule has 0 bridgehead atoms. The lowest BCUT2D eigenvalue weighted by Gasteiger charge is -2.17. The summed E-state index contributed by atoms with van der Waals surface area (Å²) in [6.45, 7) is 4.93. The van der Waals surface area contributed by atoms with Crippen LogP contribution < -0.4 is 4.74 Å². The Morgan fingerprint density at radius 2 is 2.00 bits per heavy atom. The van der Waals surface area contributed by atoms with Crippen molar-refractivity contribution in [1.82, 2.24) is 4.31 Å². The molecule has 0 aliphatic heterocycles. The average Bonchev–Trinajstić information content (AvgIpc) is 2.30. The number of rotatable bonds is 6. The third kappa shape index (κ3) is 3.94. The Bertz CT molecular complexity index is 595. The Morgan fingerprint density at radius 1 is 1.40 bits per heavy atom. The van der Waals surface area contributed by atoms with E-state index < -0.39 is 22.5 Å². The minimum Gasteiger partial charge on any atom is -0.491 e. The van der Waals surface area contributed by atoms with Gasteiger partial charge in [-0.1, -0.05) is 0 Å². The highest BCUT2D eigenvalue weighted by Gasteiger charge is 2.23. The summed E-state index contributed by atoms with van der Waals surface area (Å²) in [6, 6.07) is 4.47. The molecule has 0 radical (unpaired) electrons. The van der Waals surface area contributed by atoms with Gasteiger partial charge in [-0.05, 0) is 44.5 Å². The van der Waals surface area contributed by atoms with Crippen molar-refractivity contribution in [2.75, 3.05) is 13.6 Å². The van der Waals surface area contributed by atoms with Crippen LogP contribution in [0.4, 0.5) is 0 Å². The normalized spacial score (nSPS) is 11.9. The standard InChI is InChI=1S/C13H19NO5S/c1-9(2)19-12-6-5-11(7-10(12)3)20(17,18)14(4)8-13(15)16/h5-7,9H,8H2,1-4H3,(H,15,16). The van der Waals surface area contributed by atoms with Crippen molar-refractivity contribution in [3.63, 3.8) is 0 Å². The number of aryl methyl sites for hydroxylation is 1. The maximum atomic E-state index is 12.2. The Morgan fingerprint density at radius 3 is 2.45 bits per heavy atom. The summed E-state index contributed by atoms with van der Waals surface area (Å²) in [5.74, 6) is -0.590. The molecule has 0 amide bonds. The number of carbonyl (C=O) groups is 1. The van der Waals surface area contributed by atoms with Gasteiger partial charge in [-0.2, -0.15) is 4.31 Å². The number of sulfonamides is 1. The summed E-state index contributed by atoms with van der Waals surface area (Å²) >= 11 is 0. The molecule has 112 valence electrons. The first kappa shape index (κ1) is 16.5. The molecule has 1 aromatic rings. The number of likely N-dealkylation sites (N-methyl/N-ethyl adjacent to an activating group) is 1. The number of benzene rings is 1. The van der Waals surface area contributed by atoms with Gasteiger partial charge in [-0.25, -0.2) is 8.42 Å². The van der Waals surface area contributed by atoms with Gasteiger partial charge < -0.3 is 9.84 Å². The van der Waals surface area contributed by atoms with E-state index in [0.29, 0.717) is 11.3 Å². The lowest BCUT2D eigenvalue weighted by atomic mass is 10.2. The number of hydrogen-bond acceptors (Lipinski definition) is 4. The van der Waals surface area contributed by atoms with Crippen molar-refractivity contribution in [1.29, 1.82) is 0 Å². The average molecular weight is 301 g/mol. The molecule has 0 aromatic heterocycles. The van der Waals surface area contributed by atoms with E-state index in [1.165, 1.54) is 19.2 Å². The van der Waals surface area contributed by atoms with Crippen LogP contribution in [0.15, 0.2) is 23.1 Å². The Kier molecular flexibility index (Phi) is 5.13. The van der Waals surface area contributed by atoms with E-state index in [4.69, 9.17) is 9.84 Å². The van der Waals surface area contributed by atoms with Crippen LogP contribution in [0.2, 0.25) is 0 Å². The second-order valence-electron chi connectivity index (χ2n) is 4.75. The molecule has 0 atom stereocenters. The fourth-order valence-corrected chi connectivity index (χ4v) is 2.83. The molecule has 0 aliphatic carbocycles. The largest absolute Gasteiger partial charge is 0.491 e. The van der Waals surface area contributed by atoms with Crippen molar-refractivity contribution in [2.24, 2.45) is 0 Å². The lowest BCUT2D eigenvalue weighted by molar-refractivity contribution is -0.137. The summed E-state index contributed by atoms with van der Waals surface area (Å²) < 4.78 is 30.7. The Labute approximate surface area is 119 Å². The molecule has 0 unspecified atom stereocenters. The second-order valence-corrected chi connectivity index (χ2v) is 6.79. The zero-order valence-electron chi connectivity index (χ0n) is 12.0. The highest BCUT2D eigenvalue weighted by atomic mass is 32.2. The van der Waals surface area contributed by atoms with E-state index in [-0.39, 0.29) is 11.0 Å². The van der Waals surface area contributed by atoms with Gasteiger partial charge in [0.05, 0.1) is 11.0 Å². The predicted molar refractivity (Wildman–Crippen MR) is 74.4 cm³/mol. The lowest BCUT2D eigenvalue weighted by Crippen LogP contribution is -2.32. The zero-order chi connectivity index (χ0) is 15.5. The monoisotopic (exact) mass is 301 g/mol. The number of nitrogens with zero attached hydrogens (tertiary/aromatic N) is 1. The van der Waals surface area contributed by atoms with Crippen molar-refractivity contribution < 1.29 is 23.1 Å². The number of aliphatic carboxylic acids is 1. The molecule has 0 spiro atoms. The third-order valence-corrected chi connectivity index (χ3v) is 4.37. The minimum atomic E-state index is -3.80. The van der Waals surface area contributed by atoms with Crippen molar-refractivity contribution in [3.05, 3.63) is 23.8 Å². The highest BCUT2D eigenvalue weighted by molar-refractivity contribution is 7.89. The second kappa shape index (κ2) is 6.23. The molecule has 1 aromatic carbocycles. The first-order chi connectivity index (χ1) is 9.14. The van der Waals surface area contributed by atoms with Crippen LogP contribution in [0.3, 0.4) is 0 Å². The van der Waals surface area contributed by atoms with Crippen LogP contribution in [-0.2, 0) is 14.8 Å². The van der Waals surface area contributed by atoms with E-state index in [1.54, 1.807) is 13.0 Å². The summed E-state index contributed by atoms with van der Waals surface area (Å²) in [5.41, 5.74) is 0.684.